The maximum absolute atomic E-state index is 12.1. The van der Waals surface area contributed by atoms with Crippen molar-refractivity contribution in [2.75, 3.05) is 13.1 Å². The molecule has 1 N–H and O–H groups in total. The van der Waals surface area contributed by atoms with Crippen molar-refractivity contribution in [3.05, 3.63) is 17.5 Å². The van der Waals surface area contributed by atoms with E-state index >= 15 is 0 Å². The van der Waals surface area contributed by atoms with Gasteiger partial charge in [-0.25, -0.2) is 8.42 Å². The maximum atomic E-state index is 12.1. The summed E-state index contributed by atoms with van der Waals surface area (Å²) in [6.07, 6.45) is 3.13. The molecule has 1 aromatic rings. The van der Waals surface area contributed by atoms with Crippen LogP contribution in [0, 0.1) is 0 Å². The summed E-state index contributed by atoms with van der Waals surface area (Å²) in [6, 6.07) is 2.49. The topological polar surface area (TPSA) is 66.5 Å². The molecular formula is C12H18N2O3S2. The summed E-state index contributed by atoms with van der Waals surface area (Å²) in [4.78, 5) is 13.9. The quantitative estimate of drug-likeness (QED) is 0.915. The van der Waals surface area contributed by atoms with Crippen LogP contribution in [0.2, 0.25) is 0 Å². The second kappa shape index (κ2) is 6.02. The summed E-state index contributed by atoms with van der Waals surface area (Å²) in [5, 5.41) is 1.70. The Balaban J connectivity index is 2.00. The van der Waals surface area contributed by atoms with Gasteiger partial charge in [-0.3, -0.25) is 4.79 Å². The molecule has 1 atom stereocenters. The molecule has 0 saturated carbocycles. The van der Waals surface area contributed by atoms with Gasteiger partial charge in [-0.2, -0.15) is 4.72 Å². The van der Waals surface area contributed by atoms with Crippen LogP contribution in [0.5, 0.6) is 0 Å². The van der Waals surface area contributed by atoms with Crippen molar-refractivity contribution in [1.82, 2.24) is 9.62 Å². The summed E-state index contributed by atoms with van der Waals surface area (Å²) in [5.74, 6) is -0.139. The van der Waals surface area contributed by atoms with Gasteiger partial charge in [0, 0.05) is 13.1 Å². The van der Waals surface area contributed by atoms with E-state index in [1.807, 2.05) is 0 Å². The monoisotopic (exact) mass is 302 g/mol. The predicted molar refractivity (Wildman–Crippen MR) is 74.5 cm³/mol. The van der Waals surface area contributed by atoms with Crippen molar-refractivity contribution >= 4 is 27.3 Å². The number of thiophene rings is 1. The molecule has 5 nitrogen and oxygen atoms in total. The van der Waals surface area contributed by atoms with Gasteiger partial charge in [0.05, 0.1) is 6.04 Å². The van der Waals surface area contributed by atoms with Crippen molar-refractivity contribution in [3.8, 4) is 0 Å². The van der Waals surface area contributed by atoms with Crippen LogP contribution in [0.3, 0.4) is 0 Å². The van der Waals surface area contributed by atoms with E-state index in [4.69, 9.17) is 0 Å². The molecule has 0 spiro atoms. The van der Waals surface area contributed by atoms with E-state index in [9.17, 15) is 13.2 Å². The molecule has 0 radical (unpaired) electrons. The van der Waals surface area contributed by atoms with E-state index < -0.39 is 16.1 Å². The Morgan fingerprint density at radius 2 is 2.05 bits per heavy atom. The third kappa shape index (κ3) is 3.55. The zero-order chi connectivity index (χ0) is 13.9. The smallest absolute Gasteiger partial charge is 0.250 e. The van der Waals surface area contributed by atoms with Gasteiger partial charge in [0.15, 0.2) is 0 Å². The minimum Gasteiger partial charge on any atom is -0.341 e. The Morgan fingerprint density at radius 3 is 2.63 bits per heavy atom. The molecule has 1 saturated heterocycles. The number of hydrogen-bond donors (Lipinski definition) is 1. The first kappa shape index (κ1) is 14.5. The molecule has 106 valence electrons. The number of likely N-dealkylation sites (tertiary alicyclic amines) is 1. The van der Waals surface area contributed by atoms with Gasteiger partial charge in [0.2, 0.25) is 5.91 Å². The fourth-order valence-electron chi connectivity index (χ4n) is 2.15. The summed E-state index contributed by atoms with van der Waals surface area (Å²) in [6.45, 7) is 3.05. The van der Waals surface area contributed by atoms with E-state index in [0.29, 0.717) is 0 Å². The Bertz CT molecular complexity index is 519. The molecule has 2 rings (SSSR count). The Hall–Kier alpha value is -0.920. The molecule has 0 aromatic carbocycles. The van der Waals surface area contributed by atoms with Gasteiger partial charge < -0.3 is 4.90 Å². The number of nitrogens with zero attached hydrogens (tertiary/aromatic N) is 1. The van der Waals surface area contributed by atoms with Crippen LogP contribution in [0.25, 0.3) is 0 Å². The zero-order valence-electron chi connectivity index (χ0n) is 10.8. The largest absolute Gasteiger partial charge is 0.341 e. The second-order valence-electron chi connectivity index (χ2n) is 4.66. The third-order valence-electron chi connectivity index (χ3n) is 3.13. The van der Waals surface area contributed by atoms with E-state index in [2.05, 4.69) is 4.72 Å². The maximum Gasteiger partial charge on any atom is 0.250 e. The van der Waals surface area contributed by atoms with E-state index in [0.717, 1.165) is 43.7 Å². The Kier molecular flexibility index (Phi) is 4.59. The Morgan fingerprint density at radius 1 is 1.37 bits per heavy atom. The molecule has 1 fully saturated rings. The fraction of sp³-hybridized carbons (Fsp3) is 0.583. The molecular weight excluding hydrogens is 284 g/mol. The van der Waals surface area contributed by atoms with Crippen LogP contribution in [-0.4, -0.2) is 38.4 Å². The second-order valence-corrected chi connectivity index (χ2v) is 7.55. The first-order chi connectivity index (χ1) is 9.00. The molecule has 2 heterocycles. The lowest BCUT2D eigenvalue weighted by Gasteiger charge is -2.29. The molecule has 7 heteroatoms. The fourth-order valence-corrected chi connectivity index (χ4v) is 4.35. The van der Waals surface area contributed by atoms with Crippen LogP contribution in [-0.2, 0) is 14.8 Å². The number of sulfonamides is 1. The van der Waals surface area contributed by atoms with Crippen LogP contribution in [0.1, 0.15) is 26.2 Å². The summed E-state index contributed by atoms with van der Waals surface area (Å²) < 4.78 is 26.7. The van der Waals surface area contributed by atoms with Gasteiger partial charge in [0.1, 0.15) is 4.21 Å². The molecule has 1 aliphatic rings. The van der Waals surface area contributed by atoms with Gasteiger partial charge in [0.25, 0.3) is 10.0 Å². The lowest BCUT2D eigenvalue weighted by atomic mass is 10.1. The molecule has 0 bridgehead atoms. The molecule has 0 unspecified atom stereocenters. The highest BCUT2D eigenvalue weighted by atomic mass is 32.2. The molecule has 1 aliphatic heterocycles. The van der Waals surface area contributed by atoms with E-state index in [1.54, 1.807) is 23.3 Å². The summed E-state index contributed by atoms with van der Waals surface area (Å²) >= 11 is 1.14. The minimum atomic E-state index is -3.58. The molecule has 1 amide bonds. The predicted octanol–water partition coefficient (Wildman–Crippen LogP) is 1.43. The molecule has 19 heavy (non-hydrogen) atoms. The number of piperidine rings is 1. The summed E-state index contributed by atoms with van der Waals surface area (Å²) in [5.41, 5.74) is 0. The van der Waals surface area contributed by atoms with Gasteiger partial charge in [-0.15, -0.1) is 11.3 Å². The first-order valence-electron chi connectivity index (χ1n) is 6.35. The molecule has 1 aromatic heterocycles. The van der Waals surface area contributed by atoms with Crippen LogP contribution in [0.15, 0.2) is 21.7 Å². The zero-order valence-corrected chi connectivity index (χ0v) is 12.5. The molecule has 0 aliphatic carbocycles. The summed E-state index contributed by atoms with van der Waals surface area (Å²) in [7, 11) is -3.58. The Labute approximate surface area is 117 Å². The van der Waals surface area contributed by atoms with Crippen molar-refractivity contribution < 1.29 is 13.2 Å². The normalized spacial score (nSPS) is 18.3. The lowest BCUT2D eigenvalue weighted by Crippen LogP contribution is -2.48. The first-order valence-corrected chi connectivity index (χ1v) is 8.71. The van der Waals surface area contributed by atoms with Crippen molar-refractivity contribution in [3.63, 3.8) is 0 Å². The van der Waals surface area contributed by atoms with Crippen LogP contribution in [0.4, 0.5) is 0 Å². The van der Waals surface area contributed by atoms with Gasteiger partial charge >= 0.3 is 0 Å². The van der Waals surface area contributed by atoms with E-state index in [-0.39, 0.29) is 10.1 Å². The van der Waals surface area contributed by atoms with Crippen molar-refractivity contribution in [1.29, 1.82) is 0 Å². The average molecular weight is 302 g/mol. The van der Waals surface area contributed by atoms with E-state index in [1.165, 1.54) is 6.07 Å². The number of amides is 1. The third-order valence-corrected chi connectivity index (χ3v) is 6.07. The van der Waals surface area contributed by atoms with Crippen LogP contribution >= 0.6 is 11.3 Å². The lowest BCUT2D eigenvalue weighted by molar-refractivity contribution is -0.133. The SMILES string of the molecule is C[C@H](NS(=O)(=O)c1cccs1)C(=O)N1CCCCC1. The number of hydrogen-bond acceptors (Lipinski definition) is 4. The van der Waals surface area contributed by atoms with Crippen molar-refractivity contribution in [2.45, 2.75) is 36.4 Å². The number of carbonyl (C=O) groups is 1. The van der Waals surface area contributed by atoms with Crippen LogP contribution < -0.4 is 4.72 Å². The number of nitrogens with one attached hydrogen (secondary N) is 1. The number of rotatable bonds is 4. The van der Waals surface area contributed by atoms with Gasteiger partial charge in [-0.1, -0.05) is 6.07 Å². The average Bonchev–Trinajstić information content (AvgIpc) is 2.93. The number of carbonyl (C=O) groups excluding carboxylic acids is 1. The van der Waals surface area contributed by atoms with Crippen molar-refractivity contribution in [2.24, 2.45) is 0 Å². The standard InChI is InChI=1S/C12H18N2O3S2/c1-10(12(15)14-7-3-2-4-8-14)13-19(16,17)11-6-5-9-18-11/h5-6,9-10,13H,2-4,7-8H2,1H3/t10-/m0/s1. The minimum absolute atomic E-state index is 0.139. The highest BCUT2D eigenvalue weighted by Gasteiger charge is 2.26. The van der Waals surface area contributed by atoms with Gasteiger partial charge in [-0.05, 0) is 37.6 Å². The highest BCUT2D eigenvalue weighted by molar-refractivity contribution is 7.91. The highest BCUT2D eigenvalue weighted by Crippen LogP contribution is 2.16.